The minimum absolute atomic E-state index is 0.0429. The average Bonchev–Trinajstić information content (AvgIpc) is 3.28. The molecule has 7 rings (SSSR count). The van der Waals surface area contributed by atoms with Gasteiger partial charge in [0.05, 0.1) is 5.69 Å². The highest BCUT2D eigenvalue weighted by atomic mass is 15.0. The maximum atomic E-state index is 5.30. The Hall–Kier alpha value is -4.96. The fourth-order valence-corrected chi connectivity index (χ4v) is 8.78. The Balaban J connectivity index is 1.31. The van der Waals surface area contributed by atoms with E-state index in [2.05, 4.69) is 216 Å². The fourth-order valence-electron chi connectivity index (χ4n) is 8.78. The first-order valence-electron chi connectivity index (χ1n) is 22.3. The molecule has 61 heavy (non-hydrogen) atoms. The second kappa shape index (κ2) is 14.6. The Morgan fingerprint density at radius 3 is 1.10 bits per heavy atom. The molecule has 2 aromatic heterocycles. The molecule has 0 fully saturated rings. The molecule has 0 bridgehead atoms. The maximum absolute atomic E-state index is 5.30. The zero-order valence-corrected chi connectivity index (χ0v) is 40.5. The molecular formula is C57H70N4. The second-order valence-electron chi connectivity index (χ2n) is 23.5. The van der Waals surface area contributed by atoms with Crippen molar-refractivity contribution in [2.75, 3.05) is 0 Å². The van der Waals surface area contributed by atoms with Gasteiger partial charge in [-0.15, -0.1) is 0 Å². The third-order valence-corrected chi connectivity index (χ3v) is 14.5. The lowest BCUT2D eigenvalue weighted by atomic mass is 9.59. The molecular weight excluding hydrogens is 741 g/mol. The third kappa shape index (κ3) is 8.13. The van der Waals surface area contributed by atoms with Gasteiger partial charge in [0.25, 0.3) is 0 Å². The van der Waals surface area contributed by atoms with E-state index >= 15 is 0 Å². The summed E-state index contributed by atoms with van der Waals surface area (Å²) in [5.41, 5.74) is 15.2. The smallest absolute Gasteiger partial charge is 0.164 e. The summed E-state index contributed by atoms with van der Waals surface area (Å²) < 4.78 is 0. The van der Waals surface area contributed by atoms with Gasteiger partial charge in [0.1, 0.15) is 0 Å². The van der Waals surface area contributed by atoms with E-state index in [0.29, 0.717) is 17.5 Å². The van der Waals surface area contributed by atoms with E-state index in [0.717, 1.165) is 39.1 Å². The number of aromatic nitrogens is 4. The van der Waals surface area contributed by atoms with Crippen molar-refractivity contribution >= 4 is 0 Å². The van der Waals surface area contributed by atoms with E-state index in [1.165, 1.54) is 33.4 Å². The molecule has 6 aromatic rings. The minimum Gasteiger partial charge on any atom is -0.256 e. The van der Waals surface area contributed by atoms with E-state index in [1.54, 1.807) is 0 Å². The fraction of sp³-hybridized carbons (Fsp3) is 0.439. The van der Waals surface area contributed by atoms with Crippen molar-refractivity contribution in [2.24, 2.45) is 5.41 Å². The lowest BCUT2D eigenvalue weighted by molar-refractivity contribution is 0.125. The van der Waals surface area contributed by atoms with Crippen LogP contribution >= 0.6 is 0 Å². The standard InChI is InChI=1S/C57H70N4/c1-51(2,3)41-27-39(28-42(32-41)52(4,5)6)49-59-48(60-50(61-49)40-29-43(53(7,8)9)33-44(30-40)54(10,11)12)36-21-19-35(20-22-36)38-24-26-47(58-34-38)37-23-25-45-46(31-37)56(15,16)57(17,18)55(45,13)14/h19-34H,1-18H3. The van der Waals surface area contributed by atoms with E-state index < -0.39 is 0 Å². The van der Waals surface area contributed by atoms with Gasteiger partial charge in [-0.1, -0.05) is 179 Å². The Kier molecular flexibility index (Phi) is 10.5. The maximum Gasteiger partial charge on any atom is 0.164 e. The van der Waals surface area contributed by atoms with Gasteiger partial charge in [-0.3, -0.25) is 4.98 Å². The summed E-state index contributed by atoms with van der Waals surface area (Å²) in [6.07, 6.45) is 2.00. The monoisotopic (exact) mass is 811 g/mol. The molecule has 0 saturated heterocycles. The van der Waals surface area contributed by atoms with Crippen molar-refractivity contribution in [3.63, 3.8) is 0 Å². The van der Waals surface area contributed by atoms with Crippen LogP contribution in [-0.2, 0) is 32.5 Å². The molecule has 4 aromatic carbocycles. The van der Waals surface area contributed by atoms with Crippen molar-refractivity contribution in [3.8, 4) is 56.5 Å². The average molecular weight is 811 g/mol. The summed E-state index contributed by atoms with van der Waals surface area (Å²) >= 11 is 0. The van der Waals surface area contributed by atoms with Gasteiger partial charge in [0.15, 0.2) is 17.5 Å². The van der Waals surface area contributed by atoms with Gasteiger partial charge in [-0.05, 0) is 113 Å². The largest absolute Gasteiger partial charge is 0.256 e. The first-order valence-corrected chi connectivity index (χ1v) is 22.3. The third-order valence-electron chi connectivity index (χ3n) is 14.5. The number of pyridine rings is 1. The topological polar surface area (TPSA) is 51.6 Å². The van der Waals surface area contributed by atoms with Crippen LogP contribution in [0.1, 0.15) is 158 Å². The minimum atomic E-state index is -0.0489. The van der Waals surface area contributed by atoms with E-state index in [-0.39, 0.29) is 37.9 Å². The molecule has 0 spiro atoms. The normalized spacial score (nSPS) is 16.1. The van der Waals surface area contributed by atoms with Crippen LogP contribution in [0.4, 0.5) is 0 Å². The van der Waals surface area contributed by atoms with Crippen molar-refractivity contribution in [2.45, 2.75) is 157 Å². The number of nitrogens with zero attached hydrogens (tertiary/aromatic N) is 4. The van der Waals surface area contributed by atoms with Crippen LogP contribution in [0.3, 0.4) is 0 Å². The lowest BCUT2D eigenvalue weighted by Crippen LogP contribution is -2.42. The highest BCUT2D eigenvalue weighted by Crippen LogP contribution is 2.61. The molecule has 4 heteroatoms. The van der Waals surface area contributed by atoms with Gasteiger partial charge in [0.2, 0.25) is 0 Å². The van der Waals surface area contributed by atoms with Crippen molar-refractivity contribution in [3.05, 3.63) is 131 Å². The van der Waals surface area contributed by atoms with Gasteiger partial charge in [0, 0.05) is 34.0 Å². The van der Waals surface area contributed by atoms with Crippen LogP contribution in [-0.4, -0.2) is 19.9 Å². The van der Waals surface area contributed by atoms with Gasteiger partial charge < -0.3 is 0 Å². The predicted molar refractivity (Wildman–Crippen MR) is 259 cm³/mol. The van der Waals surface area contributed by atoms with E-state index in [9.17, 15) is 0 Å². The molecule has 2 heterocycles. The molecule has 0 aliphatic heterocycles. The highest BCUT2D eigenvalue weighted by Gasteiger charge is 2.56. The molecule has 318 valence electrons. The Morgan fingerprint density at radius 1 is 0.344 bits per heavy atom. The van der Waals surface area contributed by atoms with E-state index in [1.807, 2.05) is 6.20 Å². The molecule has 0 atom stereocenters. The van der Waals surface area contributed by atoms with Crippen molar-refractivity contribution in [1.29, 1.82) is 0 Å². The Bertz CT molecular complexity index is 2450. The quantitative estimate of drug-likeness (QED) is 0.174. The number of rotatable bonds is 5. The number of hydrogen-bond donors (Lipinski definition) is 0. The van der Waals surface area contributed by atoms with E-state index in [4.69, 9.17) is 19.9 Å². The van der Waals surface area contributed by atoms with Crippen LogP contribution in [0.2, 0.25) is 0 Å². The number of fused-ring (bicyclic) bond motifs is 1. The summed E-state index contributed by atoms with van der Waals surface area (Å²) in [6, 6.07) is 33.7. The second-order valence-corrected chi connectivity index (χ2v) is 23.5. The Morgan fingerprint density at radius 2 is 0.705 bits per heavy atom. The van der Waals surface area contributed by atoms with Crippen LogP contribution in [0.25, 0.3) is 56.5 Å². The summed E-state index contributed by atoms with van der Waals surface area (Å²) in [7, 11) is 0. The highest BCUT2D eigenvalue weighted by molar-refractivity contribution is 5.73. The molecule has 1 aliphatic carbocycles. The molecule has 0 amide bonds. The van der Waals surface area contributed by atoms with Crippen LogP contribution < -0.4 is 0 Å². The predicted octanol–water partition coefficient (Wildman–Crippen LogP) is 15.4. The molecule has 1 aliphatic rings. The summed E-state index contributed by atoms with van der Waals surface area (Å²) in [5.74, 6) is 2.02. The summed E-state index contributed by atoms with van der Waals surface area (Å²) in [4.78, 5) is 20.8. The number of hydrogen-bond acceptors (Lipinski definition) is 4. The summed E-state index contributed by atoms with van der Waals surface area (Å²) in [5, 5.41) is 0. The van der Waals surface area contributed by atoms with Crippen molar-refractivity contribution in [1.82, 2.24) is 19.9 Å². The first-order chi connectivity index (χ1) is 28.0. The summed E-state index contributed by atoms with van der Waals surface area (Å²) in [6.45, 7) is 41.6. The zero-order chi connectivity index (χ0) is 44.9. The van der Waals surface area contributed by atoms with Gasteiger partial charge >= 0.3 is 0 Å². The molecule has 4 nitrogen and oxygen atoms in total. The SMILES string of the molecule is CC(C)(C)c1cc(-c2nc(-c3ccc(-c4ccc(-c5ccc6c(c5)C(C)(C)C(C)(C)C6(C)C)nc4)cc3)nc(-c3cc(C(C)(C)C)cc(C(C)(C)C)c3)n2)cc(C(C)(C)C)c1. The molecule has 0 unspecified atom stereocenters. The molecule has 0 N–H and O–H groups in total. The van der Waals surface area contributed by atoms with Gasteiger partial charge in [-0.2, -0.15) is 0 Å². The zero-order valence-electron chi connectivity index (χ0n) is 40.5. The Labute approximate surface area is 368 Å². The van der Waals surface area contributed by atoms with Crippen LogP contribution in [0, 0.1) is 5.41 Å². The van der Waals surface area contributed by atoms with Crippen molar-refractivity contribution < 1.29 is 0 Å². The lowest BCUT2D eigenvalue weighted by Gasteiger charge is -2.44. The van der Waals surface area contributed by atoms with Crippen LogP contribution in [0.15, 0.2) is 97.2 Å². The molecule has 0 saturated carbocycles. The first kappa shape index (κ1) is 44.1. The number of benzene rings is 4. The van der Waals surface area contributed by atoms with Crippen LogP contribution in [0.5, 0.6) is 0 Å². The van der Waals surface area contributed by atoms with Gasteiger partial charge in [-0.25, -0.2) is 15.0 Å². The molecule has 0 radical (unpaired) electrons.